The van der Waals surface area contributed by atoms with Gasteiger partial charge in [0.2, 0.25) is 0 Å². The first-order valence-corrected chi connectivity index (χ1v) is 8.02. The van der Waals surface area contributed by atoms with Crippen LogP contribution in [-0.2, 0) is 6.42 Å². The first kappa shape index (κ1) is 18.2. The minimum atomic E-state index is -1.19. The fraction of sp³-hybridized carbons (Fsp3) is 0.556. The Morgan fingerprint density at radius 2 is 1.64 bits per heavy atom. The Labute approximate surface area is 132 Å². The summed E-state index contributed by atoms with van der Waals surface area (Å²) in [7, 11) is 0. The van der Waals surface area contributed by atoms with E-state index < -0.39 is 11.9 Å². The summed E-state index contributed by atoms with van der Waals surface area (Å²) < 4.78 is 0. The van der Waals surface area contributed by atoms with Crippen molar-refractivity contribution < 1.29 is 19.8 Å². The van der Waals surface area contributed by atoms with Gasteiger partial charge in [-0.2, -0.15) is 0 Å². The highest BCUT2D eigenvalue weighted by molar-refractivity contribution is 6.03. The standard InChI is InChI=1S/C18H26O4/c1-4-5-6-7-8-9-13-10-11-14(17(19)20)16(18(21)22)15(13)12(2)3/h10-12H,4-9H2,1-3H3,(H,19,20)(H,21,22). The molecule has 0 atom stereocenters. The summed E-state index contributed by atoms with van der Waals surface area (Å²) in [5, 5.41) is 18.7. The number of carbonyl (C=O) groups is 2. The predicted octanol–water partition coefficient (Wildman–Crippen LogP) is 4.72. The van der Waals surface area contributed by atoms with Crippen LogP contribution < -0.4 is 0 Å². The second kappa shape index (κ2) is 8.57. The average molecular weight is 306 g/mol. The Hall–Kier alpha value is -1.84. The molecular weight excluding hydrogens is 280 g/mol. The van der Waals surface area contributed by atoms with Crippen LogP contribution in [0.25, 0.3) is 0 Å². The maximum absolute atomic E-state index is 11.6. The fourth-order valence-electron chi connectivity index (χ4n) is 2.87. The SMILES string of the molecule is CCCCCCCc1ccc(C(=O)O)c(C(=O)O)c1C(C)C. The molecule has 0 aliphatic heterocycles. The van der Waals surface area contributed by atoms with Crippen LogP contribution in [0.4, 0.5) is 0 Å². The van der Waals surface area contributed by atoms with Gasteiger partial charge in [0.05, 0.1) is 11.1 Å². The number of aryl methyl sites for hydroxylation is 1. The van der Waals surface area contributed by atoms with Crippen molar-refractivity contribution in [1.29, 1.82) is 0 Å². The summed E-state index contributed by atoms with van der Waals surface area (Å²) >= 11 is 0. The molecule has 1 aromatic rings. The van der Waals surface area contributed by atoms with Crippen molar-refractivity contribution in [2.75, 3.05) is 0 Å². The van der Waals surface area contributed by atoms with Crippen LogP contribution >= 0.6 is 0 Å². The molecule has 0 heterocycles. The maximum atomic E-state index is 11.6. The van der Waals surface area contributed by atoms with Crippen molar-refractivity contribution >= 4 is 11.9 Å². The molecule has 1 rings (SSSR count). The Kier molecular flexibility index (Phi) is 7.09. The van der Waals surface area contributed by atoms with E-state index >= 15 is 0 Å². The lowest BCUT2D eigenvalue weighted by molar-refractivity contribution is 0.0650. The third-order valence-electron chi connectivity index (χ3n) is 3.91. The smallest absolute Gasteiger partial charge is 0.336 e. The van der Waals surface area contributed by atoms with Crippen LogP contribution in [0.3, 0.4) is 0 Å². The topological polar surface area (TPSA) is 74.6 Å². The normalized spacial score (nSPS) is 10.9. The molecule has 0 saturated carbocycles. The lowest BCUT2D eigenvalue weighted by Gasteiger charge is -2.18. The van der Waals surface area contributed by atoms with Crippen molar-refractivity contribution in [3.63, 3.8) is 0 Å². The Morgan fingerprint density at radius 1 is 1.00 bits per heavy atom. The third kappa shape index (κ3) is 4.58. The van der Waals surface area contributed by atoms with Crippen LogP contribution in [0.15, 0.2) is 12.1 Å². The van der Waals surface area contributed by atoms with E-state index in [0.29, 0.717) is 5.56 Å². The van der Waals surface area contributed by atoms with Crippen molar-refractivity contribution in [2.24, 2.45) is 0 Å². The number of carboxylic acid groups (broad SMARTS) is 2. The molecular formula is C18H26O4. The highest BCUT2D eigenvalue weighted by atomic mass is 16.4. The van der Waals surface area contributed by atoms with Crippen LogP contribution in [0, 0.1) is 0 Å². The lowest BCUT2D eigenvalue weighted by atomic mass is 9.86. The summed E-state index contributed by atoms with van der Waals surface area (Å²) in [4.78, 5) is 22.8. The van der Waals surface area contributed by atoms with Crippen molar-refractivity contribution in [2.45, 2.75) is 65.2 Å². The number of rotatable bonds is 9. The van der Waals surface area contributed by atoms with Gasteiger partial charge in [-0.15, -0.1) is 0 Å². The molecule has 0 amide bonds. The summed E-state index contributed by atoms with van der Waals surface area (Å²) in [5.41, 5.74) is 1.47. The van der Waals surface area contributed by atoms with E-state index in [2.05, 4.69) is 6.92 Å². The van der Waals surface area contributed by atoms with Gasteiger partial charge in [0.25, 0.3) is 0 Å². The number of carboxylic acids is 2. The fourth-order valence-corrected chi connectivity index (χ4v) is 2.87. The monoisotopic (exact) mass is 306 g/mol. The van der Waals surface area contributed by atoms with E-state index in [4.69, 9.17) is 0 Å². The highest BCUT2D eigenvalue weighted by Gasteiger charge is 2.24. The van der Waals surface area contributed by atoms with Crippen LogP contribution in [-0.4, -0.2) is 22.2 Å². The zero-order valence-electron chi connectivity index (χ0n) is 13.7. The zero-order chi connectivity index (χ0) is 16.7. The van der Waals surface area contributed by atoms with Crippen LogP contribution in [0.5, 0.6) is 0 Å². The summed E-state index contributed by atoms with van der Waals surface area (Å²) in [6.07, 6.45) is 6.52. The minimum absolute atomic E-state index is 0.0176. The second-order valence-electron chi connectivity index (χ2n) is 5.99. The molecule has 0 unspecified atom stereocenters. The summed E-state index contributed by atoms with van der Waals surface area (Å²) in [5.74, 6) is -2.36. The average Bonchev–Trinajstić information content (AvgIpc) is 2.45. The van der Waals surface area contributed by atoms with Gasteiger partial charge in [-0.3, -0.25) is 0 Å². The maximum Gasteiger partial charge on any atom is 0.336 e. The van der Waals surface area contributed by atoms with Gasteiger partial charge < -0.3 is 10.2 Å². The van der Waals surface area contributed by atoms with Crippen LogP contribution in [0.2, 0.25) is 0 Å². The lowest BCUT2D eigenvalue weighted by Crippen LogP contribution is -2.14. The molecule has 4 heteroatoms. The molecule has 0 spiro atoms. The summed E-state index contributed by atoms with van der Waals surface area (Å²) in [6.45, 7) is 5.99. The van der Waals surface area contributed by atoms with E-state index in [0.717, 1.165) is 24.8 Å². The van der Waals surface area contributed by atoms with Gasteiger partial charge in [0, 0.05) is 0 Å². The van der Waals surface area contributed by atoms with Crippen LogP contribution in [0.1, 0.15) is 90.6 Å². The molecule has 0 bridgehead atoms. The molecule has 22 heavy (non-hydrogen) atoms. The van der Waals surface area contributed by atoms with Crippen molar-refractivity contribution in [3.05, 3.63) is 34.4 Å². The Balaban J connectivity index is 3.10. The van der Waals surface area contributed by atoms with Gasteiger partial charge in [-0.05, 0) is 36.0 Å². The number of benzene rings is 1. The summed E-state index contributed by atoms with van der Waals surface area (Å²) in [6, 6.07) is 3.21. The molecule has 122 valence electrons. The quantitative estimate of drug-likeness (QED) is 0.647. The molecule has 0 aliphatic rings. The number of aromatic carboxylic acids is 2. The molecule has 1 aromatic carbocycles. The zero-order valence-corrected chi connectivity index (χ0v) is 13.7. The van der Waals surface area contributed by atoms with Gasteiger partial charge in [0.15, 0.2) is 0 Å². The van der Waals surface area contributed by atoms with Gasteiger partial charge in [-0.1, -0.05) is 52.5 Å². The molecule has 0 radical (unpaired) electrons. The Bertz CT molecular complexity index is 532. The highest BCUT2D eigenvalue weighted by Crippen LogP contribution is 2.28. The molecule has 0 aliphatic carbocycles. The van der Waals surface area contributed by atoms with E-state index in [1.165, 1.54) is 25.3 Å². The van der Waals surface area contributed by atoms with E-state index in [1.54, 1.807) is 6.07 Å². The van der Waals surface area contributed by atoms with Crippen molar-refractivity contribution in [3.8, 4) is 0 Å². The molecule has 0 saturated heterocycles. The number of hydrogen-bond donors (Lipinski definition) is 2. The molecule has 0 fully saturated rings. The van der Waals surface area contributed by atoms with E-state index in [-0.39, 0.29) is 17.0 Å². The Morgan fingerprint density at radius 3 is 2.14 bits per heavy atom. The van der Waals surface area contributed by atoms with E-state index in [9.17, 15) is 19.8 Å². The van der Waals surface area contributed by atoms with Crippen molar-refractivity contribution in [1.82, 2.24) is 0 Å². The minimum Gasteiger partial charge on any atom is -0.478 e. The first-order chi connectivity index (χ1) is 10.4. The number of hydrogen-bond acceptors (Lipinski definition) is 2. The van der Waals surface area contributed by atoms with Gasteiger partial charge in [-0.25, -0.2) is 9.59 Å². The second-order valence-corrected chi connectivity index (χ2v) is 5.99. The van der Waals surface area contributed by atoms with Gasteiger partial charge >= 0.3 is 11.9 Å². The molecule has 0 aromatic heterocycles. The number of unbranched alkanes of at least 4 members (excludes halogenated alkanes) is 4. The van der Waals surface area contributed by atoms with E-state index in [1.807, 2.05) is 13.8 Å². The molecule has 2 N–H and O–H groups in total. The largest absolute Gasteiger partial charge is 0.478 e. The third-order valence-corrected chi connectivity index (χ3v) is 3.91. The first-order valence-electron chi connectivity index (χ1n) is 8.02. The molecule has 4 nitrogen and oxygen atoms in total. The predicted molar refractivity (Wildman–Crippen MR) is 86.9 cm³/mol. The van der Waals surface area contributed by atoms with Gasteiger partial charge in [0.1, 0.15) is 0 Å².